The summed E-state index contributed by atoms with van der Waals surface area (Å²) in [6.45, 7) is 4.20. The number of hydrogen-bond acceptors (Lipinski definition) is 6. The fourth-order valence-electron chi connectivity index (χ4n) is 3.70. The van der Waals surface area contributed by atoms with E-state index in [9.17, 15) is 0 Å². The van der Waals surface area contributed by atoms with Gasteiger partial charge in [-0.3, -0.25) is 0 Å². The molecule has 0 saturated carbocycles. The van der Waals surface area contributed by atoms with Crippen molar-refractivity contribution in [1.29, 1.82) is 0 Å². The summed E-state index contributed by atoms with van der Waals surface area (Å²) in [4.78, 5) is 0. The molecular weight excluding hydrogens is 432 g/mol. The third-order valence-corrected chi connectivity index (χ3v) is 5.47. The number of methoxy groups -OCH3 is 4. The van der Waals surface area contributed by atoms with Gasteiger partial charge in [0.2, 0.25) is 0 Å². The van der Waals surface area contributed by atoms with Gasteiger partial charge in [-0.2, -0.15) is 0 Å². The van der Waals surface area contributed by atoms with Gasteiger partial charge in [0, 0.05) is 17.7 Å². The Balaban J connectivity index is 1.83. The zero-order valence-electron chi connectivity index (χ0n) is 19.6. The summed E-state index contributed by atoms with van der Waals surface area (Å²) in [5.74, 6) is 3.79. The van der Waals surface area contributed by atoms with Crippen LogP contribution in [0.1, 0.15) is 11.1 Å². The highest BCUT2D eigenvalue weighted by atomic mass is 16.5. The summed E-state index contributed by atoms with van der Waals surface area (Å²) in [6.07, 6.45) is 0. The van der Waals surface area contributed by atoms with Crippen LogP contribution < -0.4 is 18.9 Å². The molecule has 174 valence electrons. The van der Waals surface area contributed by atoms with Crippen molar-refractivity contribution in [2.45, 2.75) is 6.61 Å². The Kier molecular flexibility index (Phi) is 6.81. The van der Waals surface area contributed by atoms with E-state index in [1.165, 1.54) is 0 Å². The summed E-state index contributed by atoms with van der Waals surface area (Å²) in [5, 5.41) is 0.745. The summed E-state index contributed by atoms with van der Waals surface area (Å²) >= 11 is 0. The van der Waals surface area contributed by atoms with Gasteiger partial charge in [-0.1, -0.05) is 24.4 Å². The summed E-state index contributed by atoms with van der Waals surface area (Å²) < 4.78 is 34.2. The standard InChI is InChI=1S/C28H26O6/c1-6-23(33-17-18-7-11-20(29-2)12-8-18)27-26-24(32-5)15-22(31-4)16-25(26)34-28(27)19-9-13-21(30-3)14-10-19/h7-16H,1,17H2,2-5H3. The van der Waals surface area contributed by atoms with E-state index in [2.05, 4.69) is 12.3 Å². The highest BCUT2D eigenvalue weighted by Crippen LogP contribution is 2.44. The molecule has 4 rings (SSSR count). The minimum Gasteiger partial charge on any atom is -0.497 e. The van der Waals surface area contributed by atoms with E-state index in [0.717, 1.165) is 28.0 Å². The zero-order valence-corrected chi connectivity index (χ0v) is 19.6. The van der Waals surface area contributed by atoms with Crippen molar-refractivity contribution in [1.82, 2.24) is 0 Å². The van der Waals surface area contributed by atoms with Crippen molar-refractivity contribution in [2.24, 2.45) is 0 Å². The van der Waals surface area contributed by atoms with E-state index in [1.54, 1.807) is 28.4 Å². The molecule has 0 saturated heterocycles. The lowest BCUT2D eigenvalue weighted by atomic mass is 10.0. The molecule has 6 nitrogen and oxygen atoms in total. The van der Waals surface area contributed by atoms with Crippen molar-refractivity contribution in [3.05, 3.63) is 84.1 Å². The second-order valence-corrected chi connectivity index (χ2v) is 7.38. The number of hydrogen-bond donors (Lipinski definition) is 0. The lowest BCUT2D eigenvalue weighted by Gasteiger charge is -2.12. The first kappa shape index (κ1) is 22.9. The van der Waals surface area contributed by atoms with Crippen LogP contribution in [0.25, 0.3) is 28.1 Å². The van der Waals surface area contributed by atoms with Crippen LogP contribution in [0.15, 0.2) is 77.4 Å². The Morgan fingerprint density at radius 1 is 0.794 bits per heavy atom. The Labute approximate surface area is 198 Å². The van der Waals surface area contributed by atoms with Crippen LogP contribution in [0.4, 0.5) is 0 Å². The molecule has 0 fully saturated rings. The summed E-state index contributed by atoms with van der Waals surface area (Å²) in [6, 6.07) is 18.9. The van der Waals surface area contributed by atoms with Crippen LogP contribution in [-0.2, 0) is 11.3 Å². The number of benzene rings is 3. The highest BCUT2D eigenvalue weighted by molar-refractivity contribution is 6.01. The topological polar surface area (TPSA) is 59.3 Å². The van der Waals surface area contributed by atoms with Gasteiger partial charge in [0.25, 0.3) is 0 Å². The number of rotatable bonds is 9. The third-order valence-electron chi connectivity index (χ3n) is 5.47. The Bertz CT molecular complexity index is 1330. The van der Waals surface area contributed by atoms with Gasteiger partial charge in [-0.15, -0.1) is 0 Å². The summed E-state index contributed by atoms with van der Waals surface area (Å²) in [7, 11) is 6.47. The minimum atomic E-state index is 0.315. The molecule has 0 aliphatic carbocycles. The van der Waals surface area contributed by atoms with Gasteiger partial charge < -0.3 is 28.1 Å². The largest absolute Gasteiger partial charge is 0.497 e. The first-order chi connectivity index (χ1) is 16.6. The van der Waals surface area contributed by atoms with Gasteiger partial charge in [0.05, 0.1) is 39.4 Å². The maximum absolute atomic E-state index is 6.32. The third kappa shape index (κ3) is 4.45. The van der Waals surface area contributed by atoms with Crippen molar-refractivity contribution in [2.75, 3.05) is 28.4 Å². The predicted octanol–water partition coefficient (Wildman–Crippen LogP) is 6.48. The molecule has 0 N–H and O–H groups in total. The molecule has 34 heavy (non-hydrogen) atoms. The van der Waals surface area contributed by atoms with E-state index < -0.39 is 0 Å². The molecule has 0 aliphatic rings. The van der Waals surface area contributed by atoms with Gasteiger partial charge in [0.1, 0.15) is 40.9 Å². The van der Waals surface area contributed by atoms with E-state index in [1.807, 2.05) is 60.7 Å². The first-order valence-corrected chi connectivity index (χ1v) is 10.6. The SMILES string of the molecule is C=C=C(OCc1ccc(OC)cc1)c1c(-c2ccc(OC)cc2)oc2cc(OC)cc(OC)c12. The van der Waals surface area contributed by atoms with Crippen molar-refractivity contribution in [3.8, 4) is 34.3 Å². The number of ether oxygens (including phenoxy) is 5. The van der Waals surface area contributed by atoms with Gasteiger partial charge in [0.15, 0.2) is 5.76 Å². The minimum absolute atomic E-state index is 0.315. The van der Waals surface area contributed by atoms with Crippen LogP contribution in [0.5, 0.6) is 23.0 Å². The second-order valence-electron chi connectivity index (χ2n) is 7.38. The van der Waals surface area contributed by atoms with Gasteiger partial charge in [-0.05, 0) is 42.0 Å². The predicted molar refractivity (Wildman–Crippen MR) is 132 cm³/mol. The lowest BCUT2D eigenvalue weighted by Crippen LogP contribution is -1.96. The van der Waals surface area contributed by atoms with E-state index in [4.69, 9.17) is 28.1 Å². The Hall–Kier alpha value is -4.28. The molecule has 0 atom stereocenters. The van der Waals surface area contributed by atoms with Crippen LogP contribution in [0.3, 0.4) is 0 Å². The first-order valence-electron chi connectivity index (χ1n) is 10.6. The lowest BCUT2D eigenvalue weighted by molar-refractivity contribution is 0.265. The average Bonchev–Trinajstić information content (AvgIpc) is 3.28. The quantitative estimate of drug-likeness (QED) is 0.211. The fraction of sp³-hybridized carbons (Fsp3) is 0.179. The number of furan rings is 1. The molecule has 0 spiro atoms. The smallest absolute Gasteiger partial charge is 0.174 e. The van der Waals surface area contributed by atoms with E-state index in [0.29, 0.717) is 40.8 Å². The van der Waals surface area contributed by atoms with Crippen molar-refractivity contribution in [3.63, 3.8) is 0 Å². The molecule has 0 unspecified atom stereocenters. The molecule has 6 heteroatoms. The van der Waals surface area contributed by atoms with E-state index >= 15 is 0 Å². The number of fused-ring (bicyclic) bond motifs is 1. The molecule has 3 aromatic carbocycles. The van der Waals surface area contributed by atoms with Crippen molar-refractivity contribution < 1.29 is 28.1 Å². The monoisotopic (exact) mass is 458 g/mol. The Morgan fingerprint density at radius 2 is 1.41 bits per heavy atom. The van der Waals surface area contributed by atoms with Crippen LogP contribution in [0, 0.1) is 0 Å². The van der Waals surface area contributed by atoms with Crippen molar-refractivity contribution >= 4 is 16.7 Å². The van der Waals surface area contributed by atoms with E-state index in [-0.39, 0.29) is 0 Å². The molecule has 1 aromatic heterocycles. The molecule has 1 heterocycles. The molecule has 0 bridgehead atoms. The average molecular weight is 459 g/mol. The second kappa shape index (κ2) is 10.1. The fourth-order valence-corrected chi connectivity index (χ4v) is 3.70. The molecule has 0 amide bonds. The maximum Gasteiger partial charge on any atom is 0.174 e. The molecule has 0 aliphatic heterocycles. The molecular formula is C28H26O6. The zero-order chi connectivity index (χ0) is 24.1. The van der Waals surface area contributed by atoms with Crippen LogP contribution >= 0.6 is 0 Å². The normalized spacial score (nSPS) is 10.5. The Morgan fingerprint density at radius 3 is 1.97 bits per heavy atom. The van der Waals surface area contributed by atoms with Gasteiger partial charge in [-0.25, -0.2) is 0 Å². The highest BCUT2D eigenvalue weighted by Gasteiger charge is 2.25. The molecule has 4 aromatic rings. The van der Waals surface area contributed by atoms with Crippen LogP contribution in [0.2, 0.25) is 0 Å². The van der Waals surface area contributed by atoms with Crippen LogP contribution in [-0.4, -0.2) is 28.4 Å². The summed E-state index contributed by atoms with van der Waals surface area (Å²) in [5.41, 5.74) is 6.06. The molecule has 0 radical (unpaired) electrons. The van der Waals surface area contributed by atoms with Gasteiger partial charge >= 0.3 is 0 Å². The maximum atomic E-state index is 6.32.